The van der Waals surface area contributed by atoms with Gasteiger partial charge < -0.3 is 29.7 Å². The highest BCUT2D eigenvalue weighted by Crippen LogP contribution is 2.51. The van der Waals surface area contributed by atoms with Gasteiger partial charge in [-0.25, -0.2) is 13.6 Å². The standard InChI is InChI=1S/C43H62F2N4O6.C2H6.H2/c1-6-7-8-9-10-11-12-13-14-15-16-17-18-19-24-54-41(53)55-38-36-40(52)48-29-43(5,42(4,26-30(2)46)23-22-31(48)3)49(36)28-34(37(38)50)39(51)47-27-32-20-21-33(44)25-35(32)45;1-2;/h20-21,25,28,31,46H,6-19,22-24,26-27,29H2,1-5H3,(H,47,51);1-2H3;1H/t31-,42+,43+;;/m0../s1. The Kier molecular flexibility index (Phi) is 18.9. The number of halogens is 2. The van der Waals surface area contributed by atoms with Gasteiger partial charge in [0.2, 0.25) is 11.2 Å². The number of hydrogen-bond donors (Lipinski definition) is 2. The van der Waals surface area contributed by atoms with E-state index in [1.807, 2.05) is 34.6 Å². The Morgan fingerprint density at radius 1 is 0.947 bits per heavy atom. The van der Waals surface area contributed by atoms with Crippen molar-refractivity contribution in [3.8, 4) is 5.75 Å². The average Bonchev–Trinajstić information content (AvgIpc) is 3.25. The minimum absolute atomic E-state index is 0. The summed E-state index contributed by atoms with van der Waals surface area (Å²) >= 11 is 0. The Labute approximate surface area is 340 Å². The normalized spacial score (nSPS) is 19.8. The fourth-order valence-electron chi connectivity index (χ4n) is 8.21. The van der Waals surface area contributed by atoms with Crippen LogP contribution >= 0.6 is 0 Å². The van der Waals surface area contributed by atoms with Crippen LogP contribution in [0.1, 0.15) is 185 Å². The van der Waals surface area contributed by atoms with Crippen molar-refractivity contribution in [1.29, 1.82) is 5.41 Å². The molecule has 2 aliphatic heterocycles. The molecule has 0 saturated carbocycles. The van der Waals surface area contributed by atoms with E-state index in [0.717, 1.165) is 25.3 Å². The smallest absolute Gasteiger partial charge is 0.434 e. The van der Waals surface area contributed by atoms with Gasteiger partial charge in [-0.05, 0) is 57.9 Å². The molecule has 0 spiro atoms. The molecule has 1 aromatic heterocycles. The summed E-state index contributed by atoms with van der Waals surface area (Å²) in [5.74, 6) is -3.67. The minimum Gasteiger partial charge on any atom is -0.434 e. The number of benzene rings is 1. The number of nitrogens with one attached hydrogen (secondary N) is 2. The highest BCUT2D eigenvalue weighted by molar-refractivity contribution is 6.00. The summed E-state index contributed by atoms with van der Waals surface area (Å²) in [4.78, 5) is 56.8. The first kappa shape index (κ1) is 47.3. The van der Waals surface area contributed by atoms with Crippen LogP contribution in [-0.4, -0.2) is 52.3 Å². The average molecular weight is 801 g/mol. The molecule has 0 aliphatic carbocycles. The van der Waals surface area contributed by atoms with Crippen molar-refractivity contribution in [2.75, 3.05) is 13.2 Å². The van der Waals surface area contributed by atoms with E-state index in [0.29, 0.717) is 37.5 Å². The van der Waals surface area contributed by atoms with E-state index in [1.54, 1.807) is 16.4 Å². The quantitative estimate of drug-likeness (QED) is 0.0734. The number of carbonyl (C=O) groups excluding carboxylic acids is 3. The zero-order valence-electron chi connectivity index (χ0n) is 35.6. The van der Waals surface area contributed by atoms with Gasteiger partial charge in [-0.15, -0.1) is 0 Å². The molecule has 4 rings (SSSR count). The number of rotatable bonds is 21. The number of unbranched alkanes of at least 4 members (excludes halogenated alkanes) is 13. The highest BCUT2D eigenvalue weighted by Gasteiger charge is 2.55. The van der Waals surface area contributed by atoms with Crippen molar-refractivity contribution in [2.24, 2.45) is 5.41 Å². The number of nitrogens with zero attached hydrogens (tertiary/aromatic N) is 2. The van der Waals surface area contributed by atoms with Gasteiger partial charge in [0.15, 0.2) is 5.69 Å². The van der Waals surface area contributed by atoms with E-state index >= 15 is 0 Å². The van der Waals surface area contributed by atoms with Gasteiger partial charge in [-0.3, -0.25) is 14.4 Å². The van der Waals surface area contributed by atoms with Crippen LogP contribution in [0.5, 0.6) is 5.75 Å². The summed E-state index contributed by atoms with van der Waals surface area (Å²) in [6.07, 6.45) is 18.3. The maximum Gasteiger partial charge on any atom is 0.514 e. The number of amides is 2. The van der Waals surface area contributed by atoms with Crippen LogP contribution in [0, 0.1) is 22.5 Å². The Balaban J connectivity index is 0.00000381. The lowest BCUT2D eigenvalue weighted by molar-refractivity contribution is 0.0221. The topological polar surface area (TPSA) is 131 Å². The van der Waals surface area contributed by atoms with Gasteiger partial charge >= 0.3 is 6.16 Å². The van der Waals surface area contributed by atoms with Gasteiger partial charge in [0, 0.05) is 44.1 Å². The first-order valence-corrected chi connectivity index (χ1v) is 21.4. The van der Waals surface area contributed by atoms with Crippen LogP contribution in [0.15, 0.2) is 29.2 Å². The molecule has 57 heavy (non-hydrogen) atoms. The number of fused-ring (bicyclic) bond motifs is 4. The van der Waals surface area contributed by atoms with Crippen molar-refractivity contribution in [3.05, 3.63) is 63.1 Å². The van der Waals surface area contributed by atoms with Crippen molar-refractivity contribution in [3.63, 3.8) is 0 Å². The molecule has 3 atom stereocenters. The summed E-state index contributed by atoms with van der Waals surface area (Å²) < 4.78 is 40.5. The van der Waals surface area contributed by atoms with Gasteiger partial charge in [-0.2, -0.15) is 0 Å². The lowest BCUT2D eigenvalue weighted by atomic mass is 9.65. The van der Waals surface area contributed by atoms with Crippen LogP contribution < -0.4 is 15.5 Å². The summed E-state index contributed by atoms with van der Waals surface area (Å²) in [5.41, 5.74) is -2.70. The molecule has 2 N–H and O–H groups in total. The second kappa shape index (κ2) is 22.7. The molecular weight excluding hydrogens is 731 g/mol. The molecule has 320 valence electrons. The summed E-state index contributed by atoms with van der Waals surface area (Å²) in [6, 6.07) is 2.74. The Hall–Kier alpha value is -4.09. The lowest BCUT2D eigenvalue weighted by Gasteiger charge is -2.52. The molecule has 1 saturated heterocycles. The van der Waals surface area contributed by atoms with E-state index in [2.05, 4.69) is 12.2 Å². The molecule has 1 aromatic carbocycles. The minimum atomic E-state index is -1.16. The van der Waals surface area contributed by atoms with Crippen molar-refractivity contribution >= 4 is 23.7 Å². The SMILES string of the molecule is CC.CCCCCCCCCCCCCCCCOC(=O)Oc1c2n(cc(C(=O)NCc3ccc(F)cc3F)c1=O)[C@]1(C)CN(C2=O)[C@@H](C)CC[C@]1(C)CC(C)=N.[HH]. The number of aromatic nitrogens is 1. The summed E-state index contributed by atoms with van der Waals surface area (Å²) in [6.45, 7) is 13.8. The van der Waals surface area contributed by atoms with E-state index < -0.39 is 57.3 Å². The Morgan fingerprint density at radius 2 is 1.53 bits per heavy atom. The number of hydrogen-bond acceptors (Lipinski definition) is 7. The van der Waals surface area contributed by atoms with Crippen molar-refractivity contribution in [1.82, 2.24) is 14.8 Å². The Morgan fingerprint density at radius 3 is 2.09 bits per heavy atom. The Bertz CT molecular complexity index is 1740. The molecule has 3 heterocycles. The lowest BCUT2D eigenvalue weighted by Crippen LogP contribution is -2.60. The van der Waals surface area contributed by atoms with Crippen molar-refractivity contribution in [2.45, 2.75) is 176 Å². The molecular formula is C45H70F2N4O6. The molecule has 10 nitrogen and oxygen atoms in total. The molecule has 2 amide bonds. The largest absolute Gasteiger partial charge is 0.514 e. The van der Waals surface area contributed by atoms with E-state index in [4.69, 9.17) is 14.9 Å². The van der Waals surface area contributed by atoms with Crippen LogP contribution in [0.2, 0.25) is 0 Å². The van der Waals surface area contributed by atoms with Gasteiger partial charge in [0.1, 0.15) is 17.2 Å². The fourth-order valence-corrected chi connectivity index (χ4v) is 8.21. The van der Waals surface area contributed by atoms with E-state index in [1.165, 1.54) is 76.5 Å². The highest BCUT2D eigenvalue weighted by atomic mass is 19.1. The first-order valence-electron chi connectivity index (χ1n) is 21.4. The zero-order chi connectivity index (χ0) is 42.2. The molecule has 1 fully saturated rings. The van der Waals surface area contributed by atoms with Gasteiger partial charge in [-0.1, -0.05) is 117 Å². The summed E-state index contributed by atoms with van der Waals surface area (Å²) in [7, 11) is 0. The first-order chi connectivity index (χ1) is 27.2. The predicted molar refractivity (Wildman–Crippen MR) is 223 cm³/mol. The fraction of sp³-hybridized carbons (Fsp3) is 0.667. The zero-order valence-corrected chi connectivity index (χ0v) is 35.6. The number of carbonyl (C=O) groups is 3. The second-order valence-corrected chi connectivity index (χ2v) is 16.2. The monoisotopic (exact) mass is 801 g/mol. The predicted octanol–water partition coefficient (Wildman–Crippen LogP) is 11.1. The maximum absolute atomic E-state index is 14.4. The van der Waals surface area contributed by atoms with Gasteiger partial charge in [0.25, 0.3) is 11.8 Å². The molecule has 2 aliphatic rings. The third-order valence-electron chi connectivity index (χ3n) is 11.8. The number of ether oxygens (including phenoxy) is 2. The van der Waals surface area contributed by atoms with Crippen LogP contribution in [-0.2, 0) is 16.8 Å². The summed E-state index contributed by atoms with van der Waals surface area (Å²) in [5, 5.41) is 10.9. The molecule has 0 unspecified atom stereocenters. The van der Waals surface area contributed by atoms with Gasteiger partial charge in [0.05, 0.1) is 12.1 Å². The number of pyridine rings is 1. The molecule has 0 radical (unpaired) electrons. The van der Waals surface area contributed by atoms with E-state index in [-0.39, 0.29) is 38.4 Å². The third-order valence-corrected chi connectivity index (χ3v) is 11.8. The van der Waals surface area contributed by atoms with Crippen molar-refractivity contribution < 1.29 is 34.1 Å². The maximum atomic E-state index is 14.4. The van der Waals surface area contributed by atoms with Crippen LogP contribution in [0.25, 0.3) is 0 Å². The third kappa shape index (κ3) is 12.5. The molecule has 2 bridgehead atoms. The van der Waals surface area contributed by atoms with E-state index in [9.17, 15) is 28.0 Å². The molecule has 12 heteroatoms. The van der Waals surface area contributed by atoms with Crippen LogP contribution in [0.3, 0.4) is 0 Å². The molecule has 2 aromatic rings. The van der Waals surface area contributed by atoms with Crippen LogP contribution in [0.4, 0.5) is 13.6 Å². The second-order valence-electron chi connectivity index (χ2n) is 16.2.